The van der Waals surface area contributed by atoms with Gasteiger partial charge in [-0.3, -0.25) is 0 Å². The topological polar surface area (TPSA) is 34.2 Å². The number of hydrogen-bond donors (Lipinski definition) is 1. The second-order valence-corrected chi connectivity index (χ2v) is 4.44. The Balaban J connectivity index is 2.77. The first-order valence-electron chi connectivity index (χ1n) is 5.48. The van der Waals surface area contributed by atoms with Crippen molar-refractivity contribution in [1.29, 1.82) is 0 Å². The Morgan fingerprint density at radius 2 is 2.31 bits per heavy atom. The van der Waals surface area contributed by atoms with E-state index in [9.17, 15) is 0 Å². The number of alkyl halides is 1. The van der Waals surface area contributed by atoms with Crippen LogP contribution < -0.4 is 10.1 Å². The number of methoxy groups -OCH3 is 1. The first kappa shape index (κ1) is 13.1. The van der Waals surface area contributed by atoms with Crippen molar-refractivity contribution in [3.8, 4) is 5.88 Å². The number of anilines is 1. The van der Waals surface area contributed by atoms with Gasteiger partial charge in [0.15, 0.2) is 0 Å². The molecule has 1 N–H and O–H groups in total. The molecule has 90 valence electrons. The maximum absolute atomic E-state index is 5.81. The molecule has 0 saturated heterocycles. The second-order valence-electron chi connectivity index (χ2n) is 4.07. The van der Waals surface area contributed by atoms with Gasteiger partial charge in [0.05, 0.1) is 7.11 Å². The molecule has 0 bridgehead atoms. The van der Waals surface area contributed by atoms with Crippen LogP contribution in [0.1, 0.15) is 26.7 Å². The van der Waals surface area contributed by atoms with Crippen LogP contribution in [0.15, 0.2) is 18.3 Å². The highest BCUT2D eigenvalue weighted by Gasteiger charge is 2.20. The van der Waals surface area contributed by atoms with E-state index in [1.807, 2.05) is 12.1 Å². The van der Waals surface area contributed by atoms with Crippen molar-refractivity contribution in [2.45, 2.75) is 32.2 Å². The largest absolute Gasteiger partial charge is 0.481 e. The first-order valence-corrected chi connectivity index (χ1v) is 6.01. The molecule has 1 aromatic heterocycles. The molecule has 4 heteroatoms. The van der Waals surface area contributed by atoms with E-state index in [0.717, 1.165) is 18.5 Å². The van der Waals surface area contributed by atoms with Crippen LogP contribution in [0.3, 0.4) is 0 Å². The summed E-state index contributed by atoms with van der Waals surface area (Å²) in [6, 6.07) is 3.83. The van der Waals surface area contributed by atoms with Crippen LogP contribution >= 0.6 is 11.6 Å². The van der Waals surface area contributed by atoms with Crippen LogP contribution in [-0.4, -0.2) is 23.5 Å². The lowest BCUT2D eigenvalue weighted by atomic mass is 9.95. The predicted octanol–water partition coefficient (Wildman–Crippen LogP) is 3.30. The summed E-state index contributed by atoms with van der Waals surface area (Å²) in [5.41, 5.74) is 1.04. The Morgan fingerprint density at radius 1 is 1.56 bits per heavy atom. The number of ether oxygens (including phenoxy) is 1. The van der Waals surface area contributed by atoms with Gasteiger partial charge in [-0.25, -0.2) is 4.98 Å². The Hall–Kier alpha value is -0.960. The van der Waals surface area contributed by atoms with Crippen molar-refractivity contribution in [1.82, 2.24) is 4.98 Å². The molecule has 0 aromatic carbocycles. The van der Waals surface area contributed by atoms with E-state index in [4.69, 9.17) is 16.3 Å². The number of nitrogens with one attached hydrogen (secondary N) is 1. The Labute approximate surface area is 102 Å². The number of rotatable bonds is 6. The normalized spacial score (nSPS) is 14.2. The maximum Gasteiger partial charge on any atom is 0.214 e. The quantitative estimate of drug-likeness (QED) is 0.778. The summed E-state index contributed by atoms with van der Waals surface area (Å²) in [5.74, 6) is 1.27. The summed E-state index contributed by atoms with van der Waals surface area (Å²) in [4.78, 5) is 4.07. The highest BCUT2D eigenvalue weighted by molar-refractivity contribution is 6.17. The number of nitrogens with zero attached hydrogens (tertiary/aromatic N) is 1. The SMILES string of the molecule is CCC(C)(CCCl)Nc1ccnc(OC)c1. The molecule has 1 unspecified atom stereocenters. The average Bonchev–Trinajstić information content (AvgIpc) is 2.29. The van der Waals surface area contributed by atoms with E-state index in [-0.39, 0.29) is 5.54 Å². The lowest BCUT2D eigenvalue weighted by Crippen LogP contribution is -2.34. The summed E-state index contributed by atoms with van der Waals surface area (Å²) >= 11 is 5.81. The first-order chi connectivity index (χ1) is 7.63. The van der Waals surface area contributed by atoms with Crippen LogP contribution in [0.4, 0.5) is 5.69 Å². The highest BCUT2D eigenvalue weighted by atomic mass is 35.5. The molecule has 1 heterocycles. The molecular formula is C12H19ClN2O. The smallest absolute Gasteiger partial charge is 0.214 e. The van der Waals surface area contributed by atoms with Gasteiger partial charge in [-0.1, -0.05) is 6.92 Å². The van der Waals surface area contributed by atoms with Gasteiger partial charge >= 0.3 is 0 Å². The molecular weight excluding hydrogens is 224 g/mol. The maximum atomic E-state index is 5.81. The van der Waals surface area contributed by atoms with Gasteiger partial charge in [-0.05, 0) is 25.8 Å². The van der Waals surface area contributed by atoms with E-state index < -0.39 is 0 Å². The summed E-state index contributed by atoms with van der Waals surface area (Å²) in [6.07, 6.45) is 3.68. The highest BCUT2D eigenvalue weighted by Crippen LogP contribution is 2.23. The average molecular weight is 243 g/mol. The molecule has 1 aromatic rings. The van der Waals surface area contributed by atoms with Gasteiger partial charge in [0.25, 0.3) is 0 Å². The van der Waals surface area contributed by atoms with Crippen LogP contribution in [0.2, 0.25) is 0 Å². The van der Waals surface area contributed by atoms with Crippen LogP contribution in [0.5, 0.6) is 5.88 Å². The van der Waals surface area contributed by atoms with Gasteiger partial charge < -0.3 is 10.1 Å². The lowest BCUT2D eigenvalue weighted by molar-refractivity contribution is 0.397. The Kier molecular flexibility index (Phi) is 4.87. The van der Waals surface area contributed by atoms with Gasteiger partial charge in [0.1, 0.15) is 0 Å². The standard InChI is InChI=1S/C12H19ClN2O/c1-4-12(2,6-7-13)15-10-5-8-14-11(9-10)16-3/h5,8-9H,4,6-7H2,1-3H3,(H,14,15). The zero-order valence-electron chi connectivity index (χ0n) is 10.1. The molecule has 0 fully saturated rings. The zero-order chi connectivity index (χ0) is 12.0. The monoisotopic (exact) mass is 242 g/mol. The van der Waals surface area contributed by atoms with Gasteiger partial charge in [0.2, 0.25) is 5.88 Å². The minimum atomic E-state index is 0.0219. The molecule has 0 radical (unpaired) electrons. The lowest BCUT2D eigenvalue weighted by Gasteiger charge is -2.30. The number of aromatic nitrogens is 1. The number of halogens is 1. The number of hydrogen-bond acceptors (Lipinski definition) is 3. The summed E-state index contributed by atoms with van der Waals surface area (Å²) in [7, 11) is 1.61. The molecule has 0 aliphatic carbocycles. The molecule has 0 aliphatic rings. The van der Waals surface area contributed by atoms with Crippen LogP contribution in [0, 0.1) is 0 Å². The van der Waals surface area contributed by atoms with E-state index in [1.165, 1.54) is 0 Å². The fourth-order valence-corrected chi connectivity index (χ4v) is 1.90. The fraction of sp³-hybridized carbons (Fsp3) is 0.583. The molecule has 1 rings (SSSR count). The van der Waals surface area contributed by atoms with Crippen molar-refractivity contribution in [2.24, 2.45) is 0 Å². The van der Waals surface area contributed by atoms with Crippen molar-refractivity contribution >= 4 is 17.3 Å². The third-order valence-corrected chi connectivity index (χ3v) is 3.01. The predicted molar refractivity (Wildman–Crippen MR) is 68.4 cm³/mol. The molecule has 16 heavy (non-hydrogen) atoms. The van der Waals surface area contributed by atoms with Gasteiger partial charge in [0, 0.05) is 29.4 Å². The molecule has 3 nitrogen and oxygen atoms in total. The van der Waals surface area contributed by atoms with Crippen molar-refractivity contribution in [3.63, 3.8) is 0 Å². The van der Waals surface area contributed by atoms with Gasteiger partial charge in [-0.15, -0.1) is 11.6 Å². The third-order valence-electron chi connectivity index (χ3n) is 2.82. The van der Waals surface area contributed by atoms with Crippen molar-refractivity contribution < 1.29 is 4.74 Å². The van der Waals surface area contributed by atoms with E-state index in [0.29, 0.717) is 11.8 Å². The zero-order valence-corrected chi connectivity index (χ0v) is 10.8. The molecule has 0 amide bonds. The Morgan fingerprint density at radius 3 is 2.88 bits per heavy atom. The Bertz CT molecular complexity index is 333. The summed E-state index contributed by atoms with van der Waals surface area (Å²) in [6.45, 7) is 4.32. The summed E-state index contributed by atoms with van der Waals surface area (Å²) in [5, 5.41) is 3.48. The molecule has 0 spiro atoms. The van der Waals surface area contributed by atoms with E-state index in [2.05, 4.69) is 24.1 Å². The minimum Gasteiger partial charge on any atom is -0.481 e. The minimum absolute atomic E-state index is 0.0219. The van der Waals surface area contributed by atoms with Crippen LogP contribution in [0.25, 0.3) is 0 Å². The van der Waals surface area contributed by atoms with E-state index >= 15 is 0 Å². The third kappa shape index (κ3) is 3.56. The van der Waals surface area contributed by atoms with Gasteiger partial charge in [-0.2, -0.15) is 0 Å². The van der Waals surface area contributed by atoms with Crippen molar-refractivity contribution in [2.75, 3.05) is 18.3 Å². The number of pyridine rings is 1. The van der Waals surface area contributed by atoms with Crippen molar-refractivity contribution in [3.05, 3.63) is 18.3 Å². The molecule has 1 atom stereocenters. The fourth-order valence-electron chi connectivity index (χ4n) is 1.48. The van der Waals surface area contributed by atoms with E-state index in [1.54, 1.807) is 13.3 Å². The van der Waals surface area contributed by atoms with Crippen LogP contribution in [-0.2, 0) is 0 Å². The summed E-state index contributed by atoms with van der Waals surface area (Å²) < 4.78 is 5.09. The molecule has 0 saturated carbocycles. The second kappa shape index (κ2) is 5.94. The molecule has 0 aliphatic heterocycles.